The minimum absolute atomic E-state index is 0.0948. The number of aliphatic hydroxyl groups is 1. The molecule has 1 saturated carbocycles. The Hall–Kier alpha value is -1.63. The molecule has 0 atom stereocenters. The Morgan fingerprint density at radius 3 is 2.33 bits per heavy atom. The van der Waals surface area contributed by atoms with E-state index >= 15 is 0 Å². The molecule has 0 radical (unpaired) electrons. The Balaban J connectivity index is 2.22. The van der Waals surface area contributed by atoms with Crippen LogP contribution >= 0.6 is 0 Å². The van der Waals surface area contributed by atoms with Gasteiger partial charge in [0, 0.05) is 21.1 Å². The first-order valence-electron chi connectivity index (χ1n) is 7.48. The smallest absolute Gasteiger partial charge is 0.231 e. The molecular formula is C14H26N6O. The standard InChI is InChI=1S/C14H26N6O/c1-10-5-7-14(9-21,8-6-10)19-12-16-11(15-2)17-13(18-12)20(3)4/h10,21H,5-9H2,1-4H3,(H2,15,16,17,18,19). The Morgan fingerprint density at radius 2 is 1.81 bits per heavy atom. The lowest BCUT2D eigenvalue weighted by atomic mass is 9.77. The Bertz CT molecular complexity index is 471. The molecule has 21 heavy (non-hydrogen) atoms. The van der Waals surface area contributed by atoms with Crippen LogP contribution in [0, 0.1) is 5.92 Å². The van der Waals surface area contributed by atoms with Gasteiger partial charge in [-0.05, 0) is 31.6 Å². The first kappa shape index (κ1) is 15.8. The molecule has 0 aliphatic heterocycles. The van der Waals surface area contributed by atoms with Gasteiger partial charge in [0.15, 0.2) is 0 Å². The molecule has 0 aromatic carbocycles. The third-order valence-electron chi connectivity index (χ3n) is 4.16. The molecule has 0 unspecified atom stereocenters. The highest BCUT2D eigenvalue weighted by Gasteiger charge is 2.34. The molecule has 7 nitrogen and oxygen atoms in total. The Labute approximate surface area is 126 Å². The lowest BCUT2D eigenvalue weighted by molar-refractivity contribution is 0.154. The molecule has 1 aliphatic carbocycles. The fourth-order valence-electron chi connectivity index (χ4n) is 2.61. The van der Waals surface area contributed by atoms with Crippen LogP contribution in [0.4, 0.5) is 17.8 Å². The highest BCUT2D eigenvalue weighted by atomic mass is 16.3. The van der Waals surface area contributed by atoms with E-state index in [4.69, 9.17) is 0 Å². The average molecular weight is 294 g/mol. The molecule has 7 heteroatoms. The number of rotatable bonds is 5. The molecule has 1 aromatic heterocycles. The van der Waals surface area contributed by atoms with Crippen molar-refractivity contribution in [3.63, 3.8) is 0 Å². The molecular weight excluding hydrogens is 268 g/mol. The Morgan fingerprint density at radius 1 is 1.19 bits per heavy atom. The van der Waals surface area contributed by atoms with E-state index in [2.05, 4.69) is 32.5 Å². The van der Waals surface area contributed by atoms with Gasteiger partial charge >= 0.3 is 0 Å². The van der Waals surface area contributed by atoms with Gasteiger partial charge < -0.3 is 20.6 Å². The monoisotopic (exact) mass is 294 g/mol. The van der Waals surface area contributed by atoms with Crippen molar-refractivity contribution < 1.29 is 5.11 Å². The molecule has 1 aliphatic rings. The highest BCUT2D eigenvalue weighted by Crippen LogP contribution is 2.34. The summed E-state index contributed by atoms with van der Waals surface area (Å²) in [5.74, 6) is 2.35. The number of hydrogen-bond acceptors (Lipinski definition) is 7. The normalized spacial score (nSPS) is 25.5. The van der Waals surface area contributed by atoms with Crippen LogP contribution in [0.2, 0.25) is 0 Å². The van der Waals surface area contributed by atoms with Crippen molar-refractivity contribution >= 4 is 17.8 Å². The maximum Gasteiger partial charge on any atom is 0.231 e. The first-order valence-corrected chi connectivity index (χ1v) is 7.48. The summed E-state index contributed by atoms with van der Waals surface area (Å²) in [6.45, 7) is 2.35. The zero-order valence-electron chi connectivity index (χ0n) is 13.3. The molecule has 1 fully saturated rings. The zero-order valence-corrected chi connectivity index (χ0v) is 13.3. The second-order valence-electron chi connectivity index (χ2n) is 6.17. The van der Waals surface area contributed by atoms with E-state index in [0.717, 1.165) is 31.6 Å². The van der Waals surface area contributed by atoms with Crippen LogP contribution in [-0.4, -0.2) is 53.3 Å². The van der Waals surface area contributed by atoms with Gasteiger partial charge in [0.1, 0.15) is 0 Å². The van der Waals surface area contributed by atoms with E-state index in [1.54, 1.807) is 7.05 Å². The van der Waals surface area contributed by atoms with E-state index < -0.39 is 0 Å². The van der Waals surface area contributed by atoms with E-state index in [1.807, 2.05) is 19.0 Å². The van der Waals surface area contributed by atoms with Gasteiger partial charge in [0.25, 0.3) is 0 Å². The summed E-state index contributed by atoms with van der Waals surface area (Å²) in [4.78, 5) is 14.9. The third-order valence-corrected chi connectivity index (χ3v) is 4.16. The molecule has 118 valence electrons. The van der Waals surface area contributed by atoms with Crippen LogP contribution in [0.25, 0.3) is 0 Å². The van der Waals surface area contributed by atoms with Gasteiger partial charge in [-0.2, -0.15) is 15.0 Å². The summed E-state index contributed by atoms with van der Waals surface area (Å²) in [5.41, 5.74) is -0.317. The predicted molar refractivity (Wildman–Crippen MR) is 84.8 cm³/mol. The van der Waals surface area contributed by atoms with Crippen LogP contribution in [0.5, 0.6) is 0 Å². The fourth-order valence-corrected chi connectivity index (χ4v) is 2.61. The van der Waals surface area contributed by atoms with E-state index in [-0.39, 0.29) is 12.1 Å². The number of nitrogens with zero attached hydrogens (tertiary/aromatic N) is 4. The molecule has 1 heterocycles. The van der Waals surface area contributed by atoms with Gasteiger partial charge in [-0.15, -0.1) is 0 Å². The van der Waals surface area contributed by atoms with Gasteiger partial charge in [0.2, 0.25) is 17.8 Å². The van der Waals surface area contributed by atoms with Crippen molar-refractivity contribution in [3.8, 4) is 0 Å². The van der Waals surface area contributed by atoms with Gasteiger partial charge in [-0.3, -0.25) is 0 Å². The lowest BCUT2D eigenvalue weighted by Gasteiger charge is -2.38. The molecule has 2 rings (SSSR count). The maximum atomic E-state index is 9.83. The first-order chi connectivity index (χ1) is 9.98. The number of aliphatic hydroxyl groups excluding tert-OH is 1. The predicted octanol–water partition coefficient (Wildman–Crippen LogP) is 1.33. The van der Waals surface area contributed by atoms with Gasteiger partial charge in [-0.25, -0.2) is 0 Å². The van der Waals surface area contributed by atoms with E-state index in [1.165, 1.54) is 0 Å². The van der Waals surface area contributed by atoms with Crippen molar-refractivity contribution in [1.82, 2.24) is 15.0 Å². The quantitative estimate of drug-likeness (QED) is 0.755. The summed E-state index contributed by atoms with van der Waals surface area (Å²) >= 11 is 0. The SMILES string of the molecule is CNc1nc(NC2(CO)CCC(C)CC2)nc(N(C)C)n1. The number of nitrogens with one attached hydrogen (secondary N) is 2. The molecule has 0 bridgehead atoms. The summed E-state index contributed by atoms with van der Waals surface area (Å²) in [6.07, 6.45) is 4.08. The average Bonchev–Trinajstić information content (AvgIpc) is 2.49. The summed E-state index contributed by atoms with van der Waals surface area (Å²) in [5, 5.41) is 16.1. The molecule has 0 saturated heterocycles. The summed E-state index contributed by atoms with van der Waals surface area (Å²) in [7, 11) is 5.56. The third kappa shape index (κ3) is 3.72. The molecule has 3 N–H and O–H groups in total. The largest absolute Gasteiger partial charge is 0.394 e. The second-order valence-corrected chi connectivity index (χ2v) is 6.17. The molecule has 0 spiro atoms. The van der Waals surface area contributed by atoms with Crippen LogP contribution in [0.15, 0.2) is 0 Å². The van der Waals surface area contributed by atoms with Crippen molar-refractivity contribution in [2.45, 2.75) is 38.1 Å². The minimum atomic E-state index is -0.317. The number of anilines is 3. The van der Waals surface area contributed by atoms with Crippen molar-refractivity contribution in [2.75, 3.05) is 43.3 Å². The van der Waals surface area contributed by atoms with Crippen LogP contribution in [0.1, 0.15) is 32.6 Å². The Kier molecular flexibility index (Phi) is 4.82. The van der Waals surface area contributed by atoms with Gasteiger partial charge in [0.05, 0.1) is 12.1 Å². The fraction of sp³-hybridized carbons (Fsp3) is 0.786. The van der Waals surface area contributed by atoms with Crippen molar-refractivity contribution in [2.24, 2.45) is 5.92 Å². The lowest BCUT2D eigenvalue weighted by Crippen LogP contribution is -2.45. The second kappa shape index (κ2) is 6.43. The van der Waals surface area contributed by atoms with Crippen LogP contribution < -0.4 is 15.5 Å². The number of hydrogen-bond donors (Lipinski definition) is 3. The van der Waals surface area contributed by atoms with E-state index in [9.17, 15) is 5.11 Å². The minimum Gasteiger partial charge on any atom is -0.394 e. The topological polar surface area (TPSA) is 86.2 Å². The highest BCUT2D eigenvalue weighted by molar-refractivity contribution is 5.44. The van der Waals surface area contributed by atoms with Gasteiger partial charge in [-0.1, -0.05) is 6.92 Å². The molecule has 1 aromatic rings. The molecule has 0 amide bonds. The van der Waals surface area contributed by atoms with Crippen LogP contribution in [0.3, 0.4) is 0 Å². The van der Waals surface area contributed by atoms with Crippen molar-refractivity contribution in [1.29, 1.82) is 0 Å². The van der Waals surface area contributed by atoms with Crippen molar-refractivity contribution in [3.05, 3.63) is 0 Å². The van der Waals surface area contributed by atoms with Crippen LogP contribution in [-0.2, 0) is 0 Å². The number of aromatic nitrogens is 3. The summed E-state index contributed by atoms with van der Waals surface area (Å²) in [6, 6.07) is 0. The summed E-state index contributed by atoms with van der Waals surface area (Å²) < 4.78 is 0. The van der Waals surface area contributed by atoms with E-state index in [0.29, 0.717) is 17.8 Å². The maximum absolute atomic E-state index is 9.83. The zero-order chi connectivity index (χ0) is 15.5.